The van der Waals surface area contributed by atoms with E-state index in [9.17, 15) is 0 Å². The van der Waals surface area contributed by atoms with Crippen LogP contribution >= 0.6 is 0 Å². The Hall–Kier alpha value is -1.97. The Labute approximate surface area is 114 Å². The molecular formula is C15H21N3O. The van der Waals surface area contributed by atoms with Gasteiger partial charge in [0.2, 0.25) is 0 Å². The van der Waals surface area contributed by atoms with Crippen molar-refractivity contribution >= 4 is 5.69 Å². The first kappa shape index (κ1) is 13.5. The van der Waals surface area contributed by atoms with E-state index in [2.05, 4.69) is 30.3 Å². The highest BCUT2D eigenvalue weighted by Gasteiger charge is 2.15. The summed E-state index contributed by atoms with van der Waals surface area (Å²) < 4.78 is 7.30. The fraction of sp³-hybridized carbons (Fsp3) is 0.400. The Bertz CT molecular complexity index is 575. The predicted octanol–water partition coefficient (Wildman–Crippen LogP) is 3.22. The highest BCUT2D eigenvalue weighted by Crippen LogP contribution is 2.29. The van der Waals surface area contributed by atoms with Crippen molar-refractivity contribution in [2.24, 2.45) is 7.05 Å². The number of benzene rings is 1. The van der Waals surface area contributed by atoms with E-state index in [1.807, 2.05) is 36.9 Å². The van der Waals surface area contributed by atoms with Gasteiger partial charge in [-0.25, -0.2) is 0 Å². The lowest BCUT2D eigenvalue weighted by Gasteiger charge is -2.18. The molecule has 0 aliphatic heterocycles. The van der Waals surface area contributed by atoms with Gasteiger partial charge in [0, 0.05) is 12.6 Å². The van der Waals surface area contributed by atoms with Gasteiger partial charge in [0.05, 0.1) is 30.2 Å². The number of aryl methyl sites for hydroxylation is 2. The van der Waals surface area contributed by atoms with E-state index in [4.69, 9.17) is 4.74 Å². The summed E-state index contributed by atoms with van der Waals surface area (Å²) in [6, 6.07) is 8.24. The molecule has 1 heterocycles. The molecule has 4 nitrogen and oxygen atoms in total. The Morgan fingerprint density at radius 3 is 2.53 bits per heavy atom. The van der Waals surface area contributed by atoms with E-state index in [1.165, 1.54) is 0 Å². The summed E-state index contributed by atoms with van der Waals surface area (Å²) >= 11 is 0. The first-order valence-electron chi connectivity index (χ1n) is 6.44. The lowest BCUT2D eigenvalue weighted by molar-refractivity contribution is 0.408. The van der Waals surface area contributed by atoms with Crippen molar-refractivity contribution in [1.29, 1.82) is 0 Å². The Balaban J connectivity index is 2.28. The summed E-state index contributed by atoms with van der Waals surface area (Å²) in [4.78, 5) is 0. The fourth-order valence-corrected chi connectivity index (χ4v) is 2.30. The minimum atomic E-state index is 0.165. The van der Waals surface area contributed by atoms with Crippen LogP contribution in [0.2, 0.25) is 0 Å². The average Bonchev–Trinajstić information content (AvgIpc) is 2.65. The summed E-state index contributed by atoms with van der Waals surface area (Å²) in [7, 11) is 3.66. The van der Waals surface area contributed by atoms with Crippen LogP contribution in [-0.2, 0) is 7.05 Å². The quantitative estimate of drug-likeness (QED) is 0.916. The Morgan fingerprint density at radius 1 is 1.26 bits per heavy atom. The van der Waals surface area contributed by atoms with Crippen LogP contribution in [0.5, 0.6) is 5.75 Å². The zero-order valence-electron chi connectivity index (χ0n) is 12.2. The monoisotopic (exact) mass is 259 g/mol. The van der Waals surface area contributed by atoms with Crippen molar-refractivity contribution in [1.82, 2.24) is 9.78 Å². The van der Waals surface area contributed by atoms with E-state index in [0.29, 0.717) is 0 Å². The second-order valence-corrected chi connectivity index (χ2v) is 4.78. The highest BCUT2D eigenvalue weighted by molar-refractivity contribution is 5.54. The number of hydrogen-bond acceptors (Lipinski definition) is 3. The molecule has 1 aromatic heterocycles. The second-order valence-electron chi connectivity index (χ2n) is 4.78. The third kappa shape index (κ3) is 2.57. The standard InChI is InChI=1S/C15H21N3O/c1-10(13-8-6-7-9-14(13)19-5)16-15-11(2)17-18(4)12(15)3/h6-10,16H,1-5H3. The number of para-hydroxylation sites is 1. The van der Waals surface area contributed by atoms with Crippen LogP contribution in [0.15, 0.2) is 24.3 Å². The van der Waals surface area contributed by atoms with Gasteiger partial charge in [-0.15, -0.1) is 0 Å². The van der Waals surface area contributed by atoms with Gasteiger partial charge < -0.3 is 10.1 Å². The topological polar surface area (TPSA) is 39.1 Å². The van der Waals surface area contributed by atoms with Crippen molar-refractivity contribution < 1.29 is 4.74 Å². The summed E-state index contributed by atoms with van der Waals surface area (Å²) in [6.45, 7) is 6.21. The van der Waals surface area contributed by atoms with Crippen molar-refractivity contribution in [3.63, 3.8) is 0 Å². The van der Waals surface area contributed by atoms with Crippen LogP contribution in [0, 0.1) is 13.8 Å². The number of nitrogens with one attached hydrogen (secondary N) is 1. The molecule has 0 amide bonds. The summed E-state index contributed by atoms with van der Waals surface area (Å²) in [5, 5.41) is 7.95. The number of nitrogens with zero attached hydrogens (tertiary/aromatic N) is 2. The maximum Gasteiger partial charge on any atom is 0.124 e. The molecule has 102 valence electrons. The van der Waals surface area contributed by atoms with Gasteiger partial charge in [-0.3, -0.25) is 4.68 Å². The first-order chi connectivity index (χ1) is 9.04. The molecule has 1 aromatic carbocycles. The predicted molar refractivity (Wildman–Crippen MR) is 77.7 cm³/mol. The molecule has 1 N–H and O–H groups in total. The molecule has 1 unspecified atom stereocenters. The van der Waals surface area contributed by atoms with Crippen LogP contribution in [0.1, 0.15) is 29.9 Å². The lowest BCUT2D eigenvalue weighted by Crippen LogP contribution is -2.09. The van der Waals surface area contributed by atoms with Gasteiger partial charge in [0.15, 0.2) is 0 Å². The van der Waals surface area contributed by atoms with E-state index in [-0.39, 0.29) is 6.04 Å². The van der Waals surface area contributed by atoms with E-state index >= 15 is 0 Å². The van der Waals surface area contributed by atoms with Gasteiger partial charge in [0.25, 0.3) is 0 Å². The van der Waals surface area contributed by atoms with E-state index in [1.54, 1.807) is 7.11 Å². The number of anilines is 1. The third-order valence-electron chi connectivity index (χ3n) is 3.48. The van der Waals surface area contributed by atoms with Crippen LogP contribution in [0.3, 0.4) is 0 Å². The van der Waals surface area contributed by atoms with Gasteiger partial charge in [-0.2, -0.15) is 5.10 Å². The molecule has 0 saturated heterocycles. The van der Waals surface area contributed by atoms with Crippen LogP contribution in [0.25, 0.3) is 0 Å². The minimum absolute atomic E-state index is 0.165. The molecular weight excluding hydrogens is 238 g/mol. The molecule has 0 bridgehead atoms. The Kier molecular flexibility index (Phi) is 3.79. The van der Waals surface area contributed by atoms with Gasteiger partial charge in [-0.05, 0) is 26.8 Å². The normalized spacial score (nSPS) is 12.3. The maximum absolute atomic E-state index is 5.41. The molecule has 0 fully saturated rings. The zero-order chi connectivity index (χ0) is 14.0. The Morgan fingerprint density at radius 2 is 1.95 bits per heavy atom. The fourth-order valence-electron chi connectivity index (χ4n) is 2.30. The van der Waals surface area contributed by atoms with Crippen molar-refractivity contribution in [2.45, 2.75) is 26.8 Å². The summed E-state index contributed by atoms with van der Waals surface area (Å²) in [6.07, 6.45) is 0. The number of aromatic nitrogens is 2. The van der Waals surface area contributed by atoms with Crippen LogP contribution in [-0.4, -0.2) is 16.9 Å². The molecule has 1 atom stereocenters. The van der Waals surface area contributed by atoms with Crippen molar-refractivity contribution in [3.8, 4) is 5.75 Å². The molecule has 0 aliphatic rings. The van der Waals surface area contributed by atoms with Crippen molar-refractivity contribution in [2.75, 3.05) is 12.4 Å². The van der Waals surface area contributed by atoms with Crippen LogP contribution in [0.4, 0.5) is 5.69 Å². The highest BCUT2D eigenvalue weighted by atomic mass is 16.5. The molecule has 19 heavy (non-hydrogen) atoms. The molecule has 0 aliphatic carbocycles. The zero-order valence-corrected chi connectivity index (χ0v) is 12.2. The third-order valence-corrected chi connectivity index (χ3v) is 3.48. The van der Waals surface area contributed by atoms with Gasteiger partial charge >= 0.3 is 0 Å². The number of methoxy groups -OCH3 is 1. The van der Waals surface area contributed by atoms with Crippen molar-refractivity contribution in [3.05, 3.63) is 41.2 Å². The summed E-state index contributed by atoms with van der Waals surface area (Å²) in [5.74, 6) is 0.904. The largest absolute Gasteiger partial charge is 0.496 e. The first-order valence-corrected chi connectivity index (χ1v) is 6.44. The molecule has 2 aromatic rings. The smallest absolute Gasteiger partial charge is 0.124 e. The SMILES string of the molecule is COc1ccccc1C(C)Nc1c(C)nn(C)c1C. The van der Waals surface area contributed by atoms with Gasteiger partial charge in [0.1, 0.15) is 5.75 Å². The minimum Gasteiger partial charge on any atom is -0.496 e. The average molecular weight is 259 g/mol. The molecule has 0 radical (unpaired) electrons. The molecule has 4 heteroatoms. The number of ether oxygens (including phenoxy) is 1. The number of rotatable bonds is 4. The van der Waals surface area contributed by atoms with E-state index < -0.39 is 0 Å². The maximum atomic E-state index is 5.41. The summed E-state index contributed by atoms with van der Waals surface area (Å²) in [5.41, 5.74) is 4.40. The van der Waals surface area contributed by atoms with E-state index in [0.717, 1.165) is 28.4 Å². The number of hydrogen-bond donors (Lipinski definition) is 1. The molecule has 0 saturated carbocycles. The molecule has 2 rings (SSSR count). The molecule has 0 spiro atoms. The van der Waals surface area contributed by atoms with Crippen LogP contribution < -0.4 is 10.1 Å². The second kappa shape index (κ2) is 5.34. The van der Waals surface area contributed by atoms with Gasteiger partial charge in [-0.1, -0.05) is 18.2 Å². The lowest BCUT2D eigenvalue weighted by atomic mass is 10.1.